The Morgan fingerprint density at radius 1 is 1.33 bits per heavy atom. The van der Waals surface area contributed by atoms with Gasteiger partial charge in [0.25, 0.3) is 0 Å². The number of benzene rings is 1. The lowest BCUT2D eigenvalue weighted by atomic mass is 9.89. The molecule has 6 nitrogen and oxygen atoms in total. The van der Waals surface area contributed by atoms with Crippen molar-refractivity contribution in [1.82, 2.24) is 9.29 Å². The third kappa shape index (κ3) is 2.59. The van der Waals surface area contributed by atoms with E-state index in [1.807, 2.05) is 0 Å². The van der Waals surface area contributed by atoms with Crippen molar-refractivity contribution in [3.05, 3.63) is 27.7 Å². The van der Waals surface area contributed by atoms with E-state index in [9.17, 15) is 13.2 Å². The number of hydrogen-bond donors (Lipinski definition) is 1. The Morgan fingerprint density at radius 2 is 2.12 bits per heavy atom. The fraction of sp³-hybridized carbons (Fsp3) is 0.562. The summed E-state index contributed by atoms with van der Waals surface area (Å²) in [5, 5.41) is 0.0827. The molecular formula is C16H19ClN2O4S. The molecule has 2 fully saturated rings. The first-order chi connectivity index (χ1) is 11.3. The third-order valence-electron chi connectivity index (χ3n) is 5.56. The average Bonchev–Trinajstić information content (AvgIpc) is 3.22. The Hall–Kier alpha value is -1.31. The van der Waals surface area contributed by atoms with Crippen LogP contribution in [-0.4, -0.2) is 19.5 Å². The van der Waals surface area contributed by atoms with Crippen molar-refractivity contribution >= 4 is 32.7 Å². The molecule has 1 N–H and O–H groups in total. The van der Waals surface area contributed by atoms with Crippen LogP contribution in [0.15, 0.2) is 26.2 Å². The van der Waals surface area contributed by atoms with Crippen molar-refractivity contribution in [2.75, 3.05) is 6.54 Å². The summed E-state index contributed by atoms with van der Waals surface area (Å²) >= 11 is 6.15. The average molecular weight is 371 g/mol. The van der Waals surface area contributed by atoms with E-state index in [2.05, 4.69) is 4.72 Å². The molecule has 1 aromatic carbocycles. The van der Waals surface area contributed by atoms with Crippen molar-refractivity contribution in [3.63, 3.8) is 0 Å². The third-order valence-corrected chi connectivity index (χ3v) is 7.44. The number of fused-ring (bicyclic) bond motifs is 3. The van der Waals surface area contributed by atoms with E-state index in [1.165, 1.54) is 36.0 Å². The van der Waals surface area contributed by atoms with Gasteiger partial charge in [0.05, 0.1) is 10.5 Å². The Morgan fingerprint density at radius 3 is 2.79 bits per heavy atom. The van der Waals surface area contributed by atoms with Gasteiger partial charge >= 0.3 is 5.76 Å². The zero-order valence-corrected chi connectivity index (χ0v) is 14.9. The number of sulfonamides is 1. The molecule has 2 saturated carbocycles. The Bertz CT molecular complexity index is 962. The van der Waals surface area contributed by atoms with Gasteiger partial charge in [0.2, 0.25) is 10.0 Å². The van der Waals surface area contributed by atoms with Crippen LogP contribution in [-0.2, 0) is 17.1 Å². The fourth-order valence-electron chi connectivity index (χ4n) is 4.26. The molecule has 1 aromatic heterocycles. The van der Waals surface area contributed by atoms with Crippen LogP contribution >= 0.6 is 11.6 Å². The first kappa shape index (κ1) is 16.2. The summed E-state index contributed by atoms with van der Waals surface area (Å²) in [6, 6.07) is 2.77. The quantitative estimate of drug-likeness (QED) is 0.896. The number of aromatic nitrogens is 1. The first-order valence-corrected chi connectivity index (χ1v) is 10.00. The zero-order chi connectivity index (χ0) is 17.1. The number of nitrogens with zero attached hydrogens (tertiary/aromatic N) is 1. The molecule has 0 radical (unpaired) electrons. The number of nitrogens with one attached hydrogen (secondary N) is 1. The van der Waals surface area contributed by atoms with E-state index in [4.69, 9.17) is 16.0 Å². The summed E-state index contributed by atoms with van der Waals surface area (Å²) < 4.78 is 34.3. The topological polar surface area (TPSA) is 81.3 Å². The van der Waals surface area contributed by atoms with Crippen molar-refractivity contribution in [3.8, 4) is 0 Å². The van der Waals surface area contributed by atoms with E-state index in [-0.39, 0.29) is 15.5 Å². The van der Waals surface area contributed by atoms with Gasteiger partial charge < -0.3 is 4.42 Å². The maximum Gasteiger partial charge on any atom is 0.419 e. The highest BCUT2D eigenvalue weighted by Gasteiger charge is 2.39. The molecule has 0 amide bonds. The SMILES string of the molecule is Cn1c(=O)oc2cc(S(=O)(=O)NC[C@@H]3C[C@H]4CC[C@@H]3C4)c(Cl)cc21. The minimum absolute atomic E-state index is 0.0471. The van der Waals surface area contributed by atoms with E-state index >= 15 is 0 Å². The van der Waals surface area contributed by atoms with Gasteiger partial charge in [-0.2, -0.15) is 0 Å². The lowest BCUT2D eigenvalue weighted by Crippen LogP contribution is -2.31. The van der Waals surface area contributed by atoms with Crippen LogP contribution in [0.25, 0.3) is 11.1 Å². The number of halogens is 1. The molecule has 24 heavy (non-hydrogen) atoms. The summed E-state index contributed by atoms with van der Waals surface area (Å²) in [4.78, 5) is 11.5. The van der Waals surface area contributed by atoms with Gasteiger partial charge in [0.1, 0.15) is 4.90 Å². The van der Waals surface area contributed by atoms with E-state index < -0.39 is 15.8 Å². The Labute approximate surface area is 144 Å². The lowest BCUT2D eigenvalue weighted by Gasteiger charge is -2.21. The van der Waals surface area contributed by atoms with Crippen LogP contribution in [0.5, 0.6) is 0 Å². The first-order valence-electron chi connectivity index (χ1n) is 8.14. The van der Waals surface area contributed by atoms with Crippen molar-refractivity contribution in [2.24, 2.45) is 24.8 Å². The summed E-state index contributed by atoms with van der Waals surface area (Å²) in [6.07, 6.45) is 4.82. The fourth-order valence-corrected chi connectivity index (χ4v) is 5.89. The van der Waals surface area contributed by atoms with Gasteiger partial charge in [-0.15, -0.1) is 0 Å². The summed E-state index contributed by atoms with van der Waals surface area (Å²) in [6.45, 7) is 0.441. The molecule has 2 aliphatic rings. The predicted octanol–water partition coefficient (Wildman–Crippen LogP) is 2.50. The van der Waals surface area contributed by atoms with Crippen LogP contribution in [0.4, 0.5) is 0 Å². The molecule has 0 aliphatic heterocycles. The maximum atomic E-state index is 12.6. The molecule has 4 rings (SSSR count). The van der Waals surface area contributed by atoms with Crippen LogP contribution in [0.2, 0.25) is 5.02 Å². The second kappa shape index (κ2) is 5.61. The van der Waals surface area contributed by atoms with E-state index in [1.54, 1.807) is 7.05 Å². The molecular weight excluding hydrogens is 352 g/mol. The minimum atomic E-state index is -3.74. The van der Waals surface area contributed by atoms with E-state index in [0.717, 1.165) is 12.3 Å². The van der Waals surface area contributed by atoms with Crippen molar-refractivity contribution < 1.29 is 12.8 Å². The van der Waals surface area contributed by atoms with Gasteiger partial charge in [-0.05, 0) is 43.1 Å². The number of rotatable bonds is 4. The zero-order valence-electron chi connectivity index (χ0n) is 13.3. The molecule has 0 saturated heterocycles. The monoisotopic (exact) mass is 370 g/mol. The Balaban J connectivity index is 1.60. The number of aryl methyl sites for hydroxylation is 1. The second-order valence-electron chi connectivity index (χ2n) is 6.96. The normalized spacial score (nSPS) is 26.5. The highest BCUT2D eigenvalue weighted by Crippen LogP contribution is 2.48. The second-order valence-corrected chi connectivity index (χ2v) is 9.11. The molecule has 1 heterocycles. The van der Waals surface area contributed by atoms with Crippen molar-refractivity contribution in [1.29, 1.82) is 0 Å². The molecule has 2 aromatic rings. The molecule has 3 atom stereocenters. The van der Waals surface area contributed by atoms with Crippen LogP contribution in [0.3, 0.4) is 0 Å². The predicted molar refractivity (Wildman–Crippen MR) is 90.6 cm³/mol. The molecule has 2 aliphatic carbocycles. The molecule has 8 heteroatoms. The number of oxazole rings is 1. The highest BCUT2D eigenvalue weighted by atomic mass is 35.5. The van der Waals surface area contributed by atoms with Crippen molar-refractivity contribution in [2.45, 2.75) is 30.6 Å². The Kier molecular flexibility index (Phi) is 3.78. The largest absolute Gasteiger partial charge is 0.419 e. The van der Waals surface area contributed by atoms with Gasteiger partial charge in [0.15, 0.2) is 5.58 Å². The standard InChI is InChI=1S/C16H19ClN2O4S/c1-19-13-6-12(17)15(7-14(13)23-16(19)20)24(21,22)18-8-11-5-9-2-3-10(11)4-9/h6-7,9-11,18H,2-5,8H2,1H3/t9-,10+,11-/m0/s1. The van der Waals surface area contributed by atoms with Crippen LogP contribution in [0.1, 0.15) is 25.7 Å². The smallest absolute Gasteiger partial charge is 0.408 e. The van der Waals surface area contributed by atoms with E-state index in [0.29, 0.717) is 23.9 Å². The molecule has 2 bridgehead atoms. The van der Waals surface area contributed by atoms with Gasteiger partial charge in [0, 0.05) is 19.7 Å². The van der Waals surface area contributed by atoms with Gasteiger partial charge in [-0.25, -0.2) is 17.9 Å². The maximum absolute atomic E-state index is 12.6. The lowest BCUT2D eigenvalue weighted by molar-refractivity contribution is 0.333. The number of hydrogen-bond acceptors (Lipinski definition) is 4. The van der Waals surface area contributed by atoms with Gasteiger partial charge in [-0.1, -0.05) is 18.0 Å². The molecule has 0 unspecified atom stereocenters. The highest BCUT2D eigenvalue weighted by molar-refractivity contribution is 7.89. The minimum Gasteiger partial charge on any atom is -0.408 e. The molecule has 0 spiro atoms. The molecule has 130 valence electrons. The summed E-state index contributed by atoms with van der Waals surface area (Å²) in [5.41, 5.74) is 0.684. The summed E-state index contributed by atoms with van der Waals surface area (Å²) in [5.74, 6) is 1.27. The summed E-state index contributed by atoms with van der Waals surface area (Å²) in [7, 11) is -2.20. The van der Waals surface area contributed by atoms with Crippen LogP contribution in [0, 0.1) is 17.8 Å². The van der Waals surface area contributed by atoms with Gasteiger partial charge in [-0.3, -0.25) is 4.57 Å². The van der Waals surface area contributed by atoms with Crippen LogP contribution < -0.4 is 10.5 Å².